The van der Waals surface area contributed by atoms with E-state index in [4.69, 9.17) is 14.5 Å². The number of aromatic nitrogens is 3. The van der Waals surface area contributed by atoms with Gasteiger partial charge < -0.3 is 19.4 Å². The Kier molecular flexibility index (Phi) is 4.38. The van der Waals surface area contributed by atoms with Gasteiger partial charge in [0.15, 0.2) is 0 Å². The minimum Gasteiger partial charge on any atom is -0.481 e. The van der Waals surface area contributed by atoms with E-state index in [0.717, 1.165) is 23.4 Å². The van der Waals surface area contributed by atoms with Gasteiger partial charge in [0.2, 0.25) is 5.88 Å². The number of benzene rings is 1. The van der Waals surface area contributed by atoms with Gasteiger partial charge >= 0.3 is 0 Å². The standard InChI is InChI=1S/C19H22N4O2/c1-13-5-6-17-16(8-13)22-18-12-25-11-15(23(17)18)10-20-9-14-4-3-7-21-19(14)24-2/h3-8,15,20H,9-12H2,1-2H3/t15-/m0/s1. The Morgan fingerprint density at radius 1 is 1.36 bits per heavy atom. The van der Waals surface area contributed by atoms with Crippen LogP contribution in [0.4, 0.5) is 0 Å². The molecule has 130 valence electrons. The van der Waals surface area contributed by atoms with Gasteiger partial charge in [-0.15, -0.1) is 0 Å². The molecule has 0 fully saturated rings. The molecule has 25 heavy (non-hydrogen) atoms. The number of hydrogen-bond donors (Lipinski definition) is 1. The molecule has 0 saturated heterocycles. The maximum Gasteiger partial charge on any atom is 0.217 e. The fourth-order valence-electron chi connectivity index (χ4n) is 3.39. The Labute approximate surface area is 146 Å². The van der Waals surface area contributed by atoms with Crippen LogP contribution in [0.5, 0.6) is 5.88 Å². The molecular formula is C19H22N4O2. The maximum absolute atomic E-state index is 5.76. The Hall–Kier alpha value is -2.44. The summed E-state index contributed by atoms with van der Waals surface area (Å²) in [4.78, 5) is 8.98. The number of nitrogens with one attached hydrogen (secondary N) is 1. The van der Waals surface area contributed by atoms with Crippen molar-refractivity contribution in [2.75, 3.05) is 20.3 Å². The van der Waals surface area contributed by atoms with E-state index in [2.05, 4.69) is 40.0 Å². The average molecular weight is 338 g/mol. The van der Waals surface area contributed by atoms with Gasteiger partial charge in [-0.2, -0.15) is 0 Å². The third-order valence-corrected chi connectivity index (χ3v) is 4.56. The van der Waals surface area contributed by atoms with Gasteiger partial charge in [-0.3, -0.25) is 0 Å². The second kappa shape index (κ2) is 6.82. The normalized spacial score (nSPS) is 16.8. The third-order valence-electron chi connectivity index (χ3n) is 4.56. The van der Waals surface area contributed by atoms with E-state index in [0.29, 0.717) is 25.6 Å². The van der Waals surface area contributed by atoms with Crippen molar-refractivity contribution in [3.63, 3.8) is 0 Å². The second-order valence-electron chi connectivity index (χ2n) is 6.36. The fourth-order valence-corrected chi connectivity index (χ4v) is 3.39. The van der Waals surface area contributed by atoms with Gasteiger partial charge in [0, 0.05) is 24.8 Å². The second-order valence-corrected chi connectivity index (χ2v) is 6.36. The van der Waals surface area contributed by atoms with Crippen molar-refractivity contribution < 1.29 is 9.47 Å². The van der Waals surface area contributed by atoms with Crippen molar-refractivity contribution in [2.45, 2.75) is 26.1 Å². The average Bonchev–Trinajstić information content (AvgIpc) is 3.00. The van der Waals surface area contributed by atoms with E-state index in [1.165, 1.54) is 11.1 Å². The molecule has 6 nitrogen and oxygen atoms in total. The number of hydrogen-bond acceptors (Lipinski definition) is 5. The lowest BCUT2D eigenvalue weighted by Gasteiger charge is -2.26. The molecule has 0 bridgehead atoms. The van der Waals surface area contributed by atoms with E-state index in [1.54, 1.807) is 13.3 Å². The van der Waals surface area contributed by atoms with E-state index < -0.39 is 0 Å². The molecule has 1 N–H and O–H groups in total. The number of rotatable bonds is 5. The Morgan fingerprint density at radius 3 is 3.16 bits per heavy atom. The molecular weight excluding hydrogens is 316 g/mol. The first-order valence-corrected chi connectivity index (χ1v) is 8.50. The van der Waals surface area contributed by atoms with E-state index in [9.17, 15) is 0 Å². The molecule has 4 rings (SSSR count). The molecule has 1 aliphatic rings. The minimum absolute atomic E-state index is 0.221. The van der Waals surface area contributed by atoms with Crippen LogP contribution in [0.15, 0.2) is 36.5 Å². The van der Waals surface area contributed by atoms with Crippen LogP contribution < -0.4 is 10.1 Å². The van der Waals surface area contributed by atoms with Crippen LogP contribution in [0.1, 0.15) is 23.0 Å². The van der Waals surface area contributed by atoms with Crippen LogP contribution in [0.2, 0.25) is 0 Å². The van der Waals surface area contributed by atoms with Gasteiger partial charge in [0.1, 0.15) is 12.4 Å². The summed E-state index contributed by atoms with van der Waals surface area (Å²) < 4.78 is 13.4. The minimum atomic E-state index is 0.221. The third kappa shape index (κ3) is 3.10. The highest BCUT2D eigenvalue weighted by molar-refractivity contribution is 5.77. The predicted molar refractivity (Wildman–Crippen MR) is 95.7 cm³/mol. The first-order chi connectivity index (χ1) is 12.3. The molecule has 0 saturated carbocycles. The monoisotopic (exact) mass is 338 g/mol. The molecule has 2 aromatic heterocycles. The SMILES string of the molecule is COc1ncccc1CNC[C@H]1COCc2nc3cc(C)ccc3n21. The molecule has 0 radical (unpaired) electrons. The van der Waals surface area contributed by atoms with Crippen molar-refractivity contribution in [1.82, 2.24) is 19.9 Å². The predicted octanol–water partition coefficient (Wildman–Crippen LogP) is 2.61. The zero-order valence-corrected chi connectivity index (χ0v) is 14.5. The summed E-state index contributed by atoms with van der Waals surface area (Å²) in [5.74, 6) is 1.66. The summed E-state index contributed by atoms with van der Waals surface area (Å²) in [7, 11) is 1.65. The quantitative estimate of drug-likeness (QED) is 0.775. The summed E-state index contributed by atoms with van der Waals surface area (Å²) in [5, 5.41) is 3.50. The summed E-state index contributed by atoms with van der Waals surface area (Å²) in [6.45, 7) is 4.84. The van der Waals surface area contributed by atoms with Crippen LogP contribution in [0, 0.1) is 6.92 Å². The highest BCUT2D eigenvalue weighted by Gasteiger charge is 2.23. The van der Waals surface area contributed by atoms with Crippen LogP contribution in [0.25, 0.3) is 11.0 Å². The zero-order valence-electron chi connectivity index (χ0n) is 14.5. The zero-order chi connectivity index (χ0) is 17.2. The lowest BCUT2D eigenvalue weighted by atomic mass is 10.2. The van der Waals surface area contributed by atoms with Crippen molar-refractivity contribution in [1.29, 1.82) is 0 Å². The van der Waals surface area contributed by atoms with Gasteiger partial charge in [-0.1, -0.05) is 12.1 Å². The van der Waals surface area contributed by atoms with Crippen LogP contribution in [0.3, 0.4) is 0 Å². The number of pyridine rings is 1. The number of fused-ring (bicyclic) bond motifs is 3. The number of nitrogens with zero attached hydrogens (tertiary/aromatic N) is 3. The van der Waals surface area contributed by atoms with Gasteiger partial charge in [0.25, 0.3) is 0 Å². The van der Waals surface area contributed by atoms with E-state index in [1.807, 2.05) is 12.1 Å². The molecule has 3 aromatic rings. The van der Waals surface area contributed by atoms with Crippen LogP contribution >= 0.6 is 0 Å². The molecule has 0 aliphatic carbocycles. The fraction of sp³-hybridized carbons (Fsp3) is 0.368. The van der Waals surface area contributed by atoms with E-state index >= 15 is 0 Å². The maximum atomic E-state index is 5.76. The summed E-state index contributed by atoms with van der Waals surface area (Å²) >= 11 is 0. The topological polar surface area (TPSA) is 61.2 Å². The number of imidazole rings is 1. The van der Waals surface area contributed by atoms with Gasteiger partial charge in [-0.25, -0.2) is 9.97 Å². The first kappa shape index (κ1) is 16.1. The van der Waals surface area contributed by atoms with Crippen molar-refractivity contribution in [3.05, 3.63) is 53.5 Å². The Balaban J connectivity index is 1.52. The molecule has 0 spiro atoms. The first-order valence-electron chi connectivity index (χ1n) is 8.50. The largest absolute Gasteiger partial charge is 0.481 e. The lowest BCUT2D eigenvalue weighted by Crippen LogP contribution is -2.32. The van der Waals surface area contributed by atoms with Crippen LogP contribution in [-0.2, 0) is 17.9 Å². The summed E-state index contributed by atoms with van der Waals surface area (Å²) in [5.41, 5.74) is 4.49. The van der Waals surface area contributed by atoms with Gasteiger partial charge in [0.05, 0.1) is 30.8 Å². The van der Waals surface area contributed by atoms with E-state index in [-0.39, 0.29) is 6.04 Å². The number of ether oxygens (including phenoxy) is 2. The Morgan fingerprint density at radius 2 is 2.28 bits per heavy atom. The molecule has 1 aromatic carbocycles. The molecule has 1 atom stereocenters. The van der Waals surface area contributed by atoms with Gasteiger partial charge in [-0.05, 0) is 30.7 Å². The number of aryl methyl sites for hydroxylation is 1. The molecule has 0 amide bonds. The number of methoxy groups -OCH3 is 1. The highest BCUT2D eigenvalue weighted by atomic mass is 16.5. The van der Waals surface area contributed by atoms with Crippen molar-refractivity contribution in [2.24, 2.45) is 0 Å². The smallest absolute Gasteiger partial charge is 0.217 e. The van der Waals surface area contributed by atoms with Crippen LogP contribution in [-0.4, -0.2) is 34.8 Å². The Bertz CT molecular complexity index is 890. The highest BCUT2D eigenvalue weighted by Crippen LogP contribution is 2.26. The van der Waals surface area contributed by atoms with Crippen molar-refractivity contribution >= 4 is 11.0 Å². The lowest BCUT2D eigenvalue weighted by molar-refractivity contribution is 0.0564. The molecule has 1 aliphatic heterocycles. The molecule has 3 heterocycles. The van der Waals surface area contributed by atoms with Crippen molar-refractivity contribution in [3.8, 4) is 5.88 Å². The molecule has 0 unspecified atom stereocenters. The summed E-state index contributed by atoms with van der Waals surface area (Å²) in [6, 6.07) is 10.6. The molecule has 6 heteroatoms. The summed E-state index contributed by atoms with van der Waals surface area (Å²) in [6.07, 6.45) is 1.74.